The van der Waals surface area contributed by atoms with Gasteiger partial charge >= 0.3 is 5.69 Å². The average Bonchev–Trinajstić information content (AvgIpc) is 3.00. The van der Waals surface area contributed by atoms with Crippen LogP contribution in [0.4, 0.5) is 5.69 Å². The lowest BCUT2D eigenvalue weighted by Gasteiger charge is -2.16. The first kappa shape index (κ1) is 29.8. The van der Waals surface area contributed by atoms with Gasteiger partial charge in [0, 0.05) is 44.3 Å². The number of nitrogens with zero attached hydrogens (tertiary/aromatic N) is 2. The molecule has 0 atom stereocenters. The van der Waals surface area contributed by atoms with Crippen LogP contribution in [0.1, 0.15) is 34.7 Å². The second-order valence-corrected chi connectivity index (χ2v) is 9.69. The van der Waals surface area contributed by atoms with E-state index in [1.54, 1.807) is 24.3 Å². The Morgan fingerprint density at radius 3 is 2.40 bits per heavy atom. The molecule has 0 heterocycles. The summed E-state index contributed by atoms with van der Waals surface area (Å²) in [5.41, 5.74) is 5.76. The molecular formula is C33H32N4O5. The molecule has 0 radical (unpaired) electrons. The second-order valence-electron chi connectivity index (χ2n) is 9.69. The molecule has 42 heavy (non-hydrogen) atoms. The Balaban J connectivity index is 1.60. The van der Waals surface area contributed by atoms with Gasteiger partial charge in [-0.3, -0.25) is 14.9 Å². The fraction of sp³-hybridized carbons (Fsp3) is 0.212. The van der Waals surface area contributed by atoms with E-state index in [-0.39, 0.29) is 37.1 Å². The average molecular weight is 565 g/mol. The van der Waals surface area contributed by atoms with Gasteiger partial charge in [-0.1, -0.05) is 60.7 Å². The summed E-state index contributed by atoms with van der Waals surface area (Å²) in [7, 11) is 0. The van der Waals surface area contributed by atoms with Gasteiger partial charge in [-0.2, -0.15) is 5.26 Å². The van der Waals surface area contributed by atoms with Gasteiger partial charge in [0.2, 0.25) is 11.7 Å². The lowest BCUT2D eigenvalue weighted by molar-refractivity contribution is -0.386. The smallest absolute Gasteiger partial charge is 0.311 e. The van der Waals surface area contributed by atoms with E-state index >= 15 is 0 Å². The van der Waals surface area contributed by atoms with E-state index < -0.39 is 4.92 Å². The van der Waals surface area contributed by atoms with Crippen molar-refractivity contribution in [2.45, 2.75) is 33.6 Å². The molecule has 214 valence electrons. The van der Waals surface area contributed by atoms with Crippen molar-refractivity contribution in [2.24, 2.45) is 0 Å². The lowest BCUT2D eigenvalue weighted by Crippen LogP contribution is -2.30. The highest BCUT2D eigenvalue weighted by atomic mass is 16.6. The standard InChI is InChI=1S/C33H32N4O5/c1-23-28(12-7-13-30(23)27-10-4-3-5-11-27)22-42-33-18-32(41-21-26-9-6-8-25(16-26)19-34)29(17-31(33)37(39)40)20-35-14-15-36-24(2)38/h3-13,16-18,35H,14-15,20-22H2,1-2H3,(H,36,38). The minimum atomic E-state index is -0.469. The van der Waals surface area contributed by atoms with Crippen LogP contribution in [-0.2, 0) is 24.6 Å². The Morgan fingerprint density at radius 1 is 0.905 bits per heavy atom. The van der Waals surface area contributed by atoms with Crippen LogP contribution >= 0.6 is 0 Å². The van der Waals surface area contributed by atoms with E-state index in [9.17, 15) is 20.2 Å². The van der Waals surface area contributed by atoms with Gasteiger partial charge in [0.25, 0.3) is 0 Å². The van der Waals surface area contributed by atoms with E-state index in [1.807, 2.05) is 61.5 Å². The van der Waals surface area contributed by atoms with E-state index in [4.69, 9.17) is 9.47 Å². The summed E-state index contributed by atoms with van der Waals surface area (Å²) in [6.45, 7) is 4.88. The van der Waals surface area contributed by atoms with Crippen LogP contribution in [0.15, 0.2) is 84.9 Å². The van der Waals surface area contributed by atoms with E-state index in [0.717, 1.165) is 27.8 Å². The maximum atomic E-state index is 12.1. The third-order valence-electron chi connectivity index (χ3n) is 6.69. The fourth-order valence-corrected chi connectivity index (χ4v) is 4.49. The number of nitrogens with one attached hydrogen (secondary N) is 2. The summed E-state index contributed by atoms with van der Waals surface area (Å²) in [4.78, 5) is 22.8. The lowest BCUT2D eigenvalue weighted by atomic mass is 9.97. The molecule has 9 heteroatoms. The second kappa shape index (κ2) is 14.4. The zero-order valence-electron chi connectivity index (χ0n) is 23.6. The first-order valence-corrected chi connectivity index (χ1v) is 13.5. The summed E-state index contributed by atoms with van der Waals surface area (Å²) in [5, 5.41) is 27.2. The minimum absolute atomic E-state index is 0.0901. The van der Waals surface area contributed by atoms with Crippen molar-refractivity contribution in [1.29, 1.82) is 5.26 Å². The molecule has 4 aromatic rings. The molecule has 9 nitrogen and oxygen atoms in total. The summed E-state index contributed by atoms with van der Waals surface area (Å²) in [6.07, 6.45) is 0. The number of ether oxygens (including phenoxy) is 2. The van der Waals surface area contributed by atoms with Gasteiger partial charge in [0.05, 0.1) is 16.6 Å². The van der Waals surface area contributed by atoms with Gasteiger partial charge in [0.15, 0.2) is 0 Å². The summed E-state index contributed by atoms with van der Waals surface area (Å²) < 4.78 is 12.2. The van der Waals surface area contributed by atoms with Gasteiger partial charge in [-0.25, -0.2) is 0 Å². The van der Waals surface area contributed by atoms with E-state index in [1.165, 1.54) is 13.0 Å². The van der Waals surface area contributed by atoms with Gasteiger partial charge in [-0.15, -0.1) is 0 Å². The quantitative estimate of drug-likeness (QED) is 0.119. The third-order valence-corrected chi connectivity index (χ3v) is 6.69. The Morgan fingerprint density at radius 2 is 1.67 bits per heavy atom. The highest BCUT2D eigenvalue weighted by Crippen LogP contribution is 2.36. The van der Waals surface area contributed by atoms with Crippen LogP contribution in [0, 0.1) is 28.4 Å². The van der Waals surface area contributed by atoms with Gasteiger partial charge < -0.3 is 20.1 Å². The SMILES string of the molecule is CC(=O)NCCNCc1cc([N+](=O)[O-])c(OCc2cccc(-c3ccccc3)c2C)cc1OCc1cccc(C#N)c1. The Bertz CT molecular complexity index is 1600. The van der Waals surface area contributed by atoms with E-state index in [0.29, 0.717) is 30.0 Å². The van der Waals surface area contributed by atoms with Crippen molar-refractivity contribution in [1.82, 2.24) is 10.6 Å². The van der Waals surface area contributed by atoms with Crippen molar-refractivity contribution in [2.75, 3.05) is 13.1 Å². The van der Waals surface area contributed by atoms with Crippen molar-refractivity contribution >= 4 is 11.6 Å². The number of amides is 1. The maximum Gasteiger partial charge on any atom is 0.311 e. The molecule has 1 amide bonds. The molecule has 0 aromatic heterocycles. The molecule has 0 saturated heterocycles. The van der Waals surface area contributed by atoms with Crippen LogP contribution in [-0.4, -0.2) is 23.9 Å². The van der Waals surface area contributed by atoms with Crippen molar-refractivity contribution in [3.8, 4) is 28.7 Å². The molecule has 0 saturated carbocycles. The zero-order chi connectivity index (χ0) is 29.9. The number of nitriles is 1. The molecule has 0 aliphatic rings. The van der Waals surface area contributed by atoms with Crippen LogP contribution in [0.25, 0.3) is 11.1 Å². The topological polar surface area (TPSA) is 127 Å². The number of nitro groups is 1. The summed E-state index contributed by atoms with van der Waals surface area (Å²) >= 11 is 0. The summed E-state index contributed by atoms with van der Waals surface area (Å²) in [6, 6.07) is 28.1. The van der Waals surface area contributed by atoms with E-state index in [2.05, 4.69) is 16.7 Å². The Kier molecular flexibility index (Phi) is 10.2. The maximum absolute atomic E-state index is 12.1. The highest BCUT2D eigenvalue weighted by Gasteiger charge is 2.21. The number of hydrogen-bond acceptors (Lipinski definition) is 7. The summed E-state index contributed by atoms with van der Waals surface area (Å²) in [5.74, 6) is 0.370. The number of nitro benzene ring substituents is 1. The molecule has 0 aliphatic heterocycles. The molecule has 4 rings (SSSR count). The molecular weight excluding hydrogens is 532 g/mol. The van der Waals surface area contributed by atoms with Gasteiger partial charge in [-0.05, 0) is 46.9 Å². The number of carbonyl (C=O) groups excluding carboxylic acids is 1. The van der Waals surface area contributed by atoms with Crippen molar-refractivity contribution < 1.29 is 19.2 Å². The van der Waals surface area contributed by atoms with Crippen LogP contribution in [0.3, 0.4) is 0 Å². The minimum Gasteiger partial charge on any atom is -0.488 e. The molecule has 0 unspecified atom stereocenters. The Hall–Kier alpha value is -5.20. The molecule has 0 spiro atoms. The van der Waals surface area contributed by atoms with Crippen LogP contribution in [0.2, 0.25) is 0 Å². The first-order valence-electron chi connectivity index (χ1n) is 13.5. The molecule has 4 aromatic carbocycles. The highest BCUT2D eigenvalue weighted by molar-refractivity contribution is 5.72. The first-order chi connectivity index (χ1) is 20.4. The fourth-order valence-electron chi connectivity index (χ4n) is 4.49. The van der Waals surface area contributed by atoms with Crippen molar-refractivity contribution in [3.63, 3.8) is 0 Å². The molecule has 2 N–H and O–H groups in total. The third kappa shape index (κ3) is 7.93. The number of hydrogen-bond donors (Lipinski definition) is 2. The normalized spacial score (nSPS) is 10.5. The zero-order valence-corrected chi connectivity index (χ0v) is 23.6. The van der Waals surface area contributed by atoms with Crippen LogP contribution < -0.4 is 20.1 Å². The monoisotopic (exact) mass is 564 g/mol. The number of benzene rings is 4. The van der Waals surface area contributed by atoms with Gasteiger partial charge in [0.1, 0.15) is 19.0 Å². The molecule has 0 bridgehead atoms. The predicted octanol–water partition coefficient (Wildman–Crippen LogP) is 5.83. The largest absolute Gasteiger partial charge is 0.488 e. The predicted molar refractivity (Wildman–Crippen MR) is 160 cm³/mol. The van der Waals surface area contributed by atoms with Crippen LogP contribution in [0.5, 0.6) is 11.5 Å². The molecule has 0 fully saturated rings. The molecule has 0 aliphatic carbocycles. The Labute approximate surface area is 244 Å². The number of rotatable bonds is 13. The number of carbonyl (C=O) groups is 1. The van der Waals surface area contributed by atoms with Crippen molar-refractivity contribution in [3.05, 3.63) is 123 Å².